The summed E-state index contributed by atoms with van der Waals surface area (Å²) in [6.07, 6.45) is 7.12. The Balaban J connectivity index is 0.994. The molecule has 392 valence electrons. The molecular weight excluding hydrogens is 1010 g/mol. The topological polar surface area (TPSA) is 281 Å². The molecule has 0 saturated heterocycles. The zero-order valence-corrected chi connectivity index (χ0v) is 43.0. The number of ether oxygens (including phenoxy) is 1. The van der Waals surface area contributed by atoms with E-state index < -0.39 is 36.0 Å². The number of carbonyl (C=O) groups is 7. The van der Waals surface area contributed by atoms with Crippen LogP contribution in [0.2, 0.25) is 10.0 Å². The monoisotopic (exact) mass is 1060 g/mol. The van der Waals surface area contributed by atoms with E-state index in [0.29, 0.717) is 74.7 Å². The van der Waals surface area contributed by atoms with E-state index in [4.69, 9.17) is 43.6 Å². The predicted molar refractivity (Wildman–Crippen MR) is 279 cm³/mol. The third-order valence-electron chi connectivity index (χ3n) is 12.0. The number of hydrogen-bond donors (Lipinski definition) is 6. The third kappa shape index (κ3) is 15.2. The maximum Gasteiger partial charge on any atom is 0.410 e. The molecule has 2 atom stereocenters. The summed E-state index contributed by atoms with van der Waals surface area (Å²) < 4.78 is 7.52. The van der Waals surface area contributed by atoms with Crippen molar-refractivity contribution in [1.29, 1.82) is 0 Å². The van der Waals surface area contributed by atoms with Crippen LogP contribution in [0.15, 0.2) is 97.5 Å². The highest BCUT2D eigenvalue weighted by Crippen LogP contribution is 2.31. The molecule has 0 saturated carbocycles. The Hall–Kier alpha value is -8.17. The second-order valence-corrected chi connectivity index (χ2v) is 19.0. The summed E-state index contributed by atoms with van der Waals surface area (Å²) in [5, 5.41) is 15.8. The van der Waals surface area contributed by atoms with Crippen molar-refractivity contribution in [2.45, 2.75) is 91.1 Å². The van der Waals surface area contributed by atoms with Crippen LogP contribution in [0.5, 0.6) is 0 Å². The number of aryl methyl sites for hydroxylation is 1. The first-order valence-electron chi connectivity index (χ1n) is 24.3. The molecule has 0 bridgehead atoms. The van der Waals surface area contributed by atoms with Gasteiger partial charge in [-0.2, -0.15) is 5.10 Å². The number of pyridine rings is 2. The van der Waals surface area contributed by atoms with Crippen molar-refractivity contribution in [3.63, 3.8) is 0 Å². The Morgan fingerprint density at radius 3 is 2.32 bits per heavy atom. The minimum atomic E-state index is -1.08. The van der Waals surface area contributed by atoms with Crippen LogP contribution in [-0.4, -0.2) is 106 Å². The van der Waals surface area contributed by atoms with E-state index in [-0.39, 0.29) is 75.7 Å². The molecule has 1 unspecified atom stereocenters. The number of imidazole rings is 1. The average molecular weight is 1060 g/mol. The lowest BCUT2D eigenvalue weighted by atomic mass is 10.0. The normalized spacial score (nSPS) is 13.0. The van der Waals surface area contributed by atoms with E-state index >= 15 is 0 Å². The first-order chi connectivity index (χ1) is 36.0. The van der Waals surface area contributed by atoms with Crippen molar-refractivity contribution in [2.75, 3.05) is 18.4 Å². The van der Waals surface area contributed by atoms with Crippen LogP contribution in [0.25, 0.3) is 28.3 Å². The Kier molecular flexibility index (Phi) is 18.7. The minimum Gasteiger partial charge on any atom is -0.445 e. The maximum absolute atomic E-state index is 14.1. The summed E-state index contributed by atoms with van der Waals surface area (Å²) in [5.74, 6) is -2.13. The number of unbranched alkanes of at least 4 members (excludes halogenated alkanes) is 2. The number of H-pyrrole nitrogens is 1. The Labute approximate surface area is 442 Å². The van der Waals surface area contributed by atoms with E-state index in [1.54, 1.807) is 60.8 Å². The lowest BCUT2D eigenvalue weighted by molar-refractivity contribution is -0.137. The van der Waals surface area contributed by atoms with E-state index in [2.05, 4.69) is 36.3 Å². The van der Waals surface area contributed by atoms with Crippen molar-refractivity contribution in [1.82, 2.24) is 55.3 Å². The number of aromatic amines is 1. The van der Waals surface area contributed by atoms with Crippen LogP contribution in [0.1, 0.15) is 75.0 Å². The molecule has 7 N–H and O–H groups in total. The molecule has 1 aliphatic rings. The van der Waals surface area contributed by atoms with Gasteiger partial charge in [0.1, 0.15) is 30.8 Å². The highest BCUT2D eigenvalue weighted by molar-refractivity contribution is 6.42. The summed E-state index contributed by atoms with van der Waals surface area (Å²) in [6, 6.07) is 18.3. The summed E-state index contributed by atoms with van der Waals surface area (Å²) in [6.45, 7) is 5.73. The number of nitrogens with two attached hydrogens (primary N) is 1. The SMILES string of the molecule is Cc1cccc(-c2[nH]c(CN(Cc3ccc(Cl)c(Cl)c3)C(=O)OCc3ccc(NC(=O)[C@H](CCCNC(N)=O)NC(=O)C(NC(=O)CCCCCN4C(=O)C=CC4=O)C(C)C)cc3)nc2-c2ccc3ncnn3c2)n1. The molecule has 21 nitrogen and oxygen atoms in total. The molecule has 0 aliphatic carbocycles. The summed E-state index contributed by atoms with van der Waals surface area (Å²) in [5.41, 5.74) is 11.0. The van der Waals surface area contributed by atoms with Gasteiger partial charge >= 0.3 is 12.1 Å². The van der Waals surface area contributed by atoms with Crippen molar-refractivity contribution in [3.8, 4) is 22.6 Å². The van der Waals surface area contributed by atoms with Gasteiger partial charge in [0, 0.05) is 61.3 Å². The second-order valence-electron chi connectivity index (χ2n) is 18.2. The van der Waals surface area contributed by atoms with Crippen LogP contribution in [0.4, 0.5) is 15.3 Å². The standard InChI is InChI=1S/C52H57Cl2N13O8/c1-31(2)46(64-43(68)12-5-4-6-24-66-44(69)21-22-45(66)70)50(72)61-40(11-8-23-56-51(55)73)49(71)60-36-17-13-33(14-18-36)29-75-52(74)65(26-34-15-19-37(53)38(54)25-34)28-41-62-47(35-16-20-42-57-30-58-67(42)27-35)48(63-41)39-10-7-9-32(3)59-39/h7,9-10,13-22,25,27,30-31,40,46H,4-6,8,11-12,23-24,26,28-29H2,1-3H3,(H,60,71)(H,61,72)(H,62,63)(H,64,68)(H3,55,56,73)/t40-,46?/m0/s1. The summed E-state index contributed by atoms with van der Waals surface area (Å²) >= 11 is 12.6. The van der Waals surface area contributed by atoms with Crippen molar-refractivity contribution in [3.05, 3.63) is 130 Å². The number of anilines is 1. The molecule has 6 aromatic rings. The molecular formula is C52H57Cl2N13O8. The van der Waals surface area contributed by atoms with E-state index in [0.717, 1.165) is 16.2 Å². The molecule has 7 rings (SSSR count). The molecule has 4 aromatic heterocycles. The number of aromatic nitrogens is 6. The van der Waals surface area contributed by atoms with Crippen LogP contribution >= 0.6 is 23.2 Å². The van der Waals surface area contributed by atoms with Crippen molar-refractivity contribution >= 4 is 76.2 Å². The van der Waals surface area contributed by atoms with Gasteiger partial charge in [-0.1, -0.05) is 67.7 Å². The summed E-state index contributed by atoms with van der Waals surface area (Å²) in [7, 11) is 0. The van der Waals surface area contributed by atoms with E-state index in [9.17, 15) is 33.6 Å². The van der Waals surface area contributed by atoms with Gasteiger partial charge in [-0.15, -0.1) is 0 Å². The van der Waals surface area contributed by atoms with Gasteiger partial charge in [-0.05, 0) is 98.2 Å². The largest absolute Gasteiger partial charge is 0.445 e. The fraction of sp³-hybridized carbons (Fsp3) is 0.327. The van der Waals surface area contributed by atoms with Crippen molar-refractivity contribution < 1.29 is 38.3 Å². The molecule has 1 aliphatic heterocycles. The molecule has 23 heteroatoms. The number of urea groups is 1. The number of primary amides is 1. The van der Waals surface area contributed by atoms with Gasteiger partial charge < -0.3 is 36.7 Å². The number of halogens is 2. The molecule has 2 aromatic carbocycles. The van der Waals surface area contributed by atoms with Gasteiger partial charge in [-0.3, -0.25) is 38.8 Å². The highest BCUT2D eigenvalue weighted by Gasteiger charge is 2.30. The fourth-order valence-corrected chi connectivity index (χ4v) is 8.44. The first kappa shape index (κ1) is 54.6. The minimum absolute atomic E-state index is 0.0118. The number of fused-ring (bicyclic) bond motifs is 1. The number of carbonyl (C=O) groups excluding carboxylic acids is 7. The molecule has 0 radical (unpaired) electrons. The molecule has 75 heavy (non-hydrogen) atoms. The average Bonchev–Trinajstić information content (AvgIpc) is 4.12. The number of benzene rings is 2. The third-order valence-corrected chi connectivity index (χ3v) is 12.8. The quantitative estimate of drug-likeness (QED) is 0.0275. The smallest absolute Gasteiger partial charge is 0.410 e. The van der Waals surface area contributed by atoms with Crippen LogP contribution in [0.3, 0.4) is 0 Å². The van der Waals surface area contributed by atoms with Gasteiger partial charge in [-0.25, -0.2) is 24.1 Å². The lowest BCUT2D eigenvalue weighted by Crippen LogP contribution is -2.54. The van der Waals surface area contributed by atoms with E-state index in [1.807, 2.05) is 43.5 Å². The number of imide groups is 1. The van der Waals surface area contributed by atoms with Gasteiger partial charge in [0.15, 0.2) is 5.65 Å². The van der Waals surface area contributed by atoms with Crippen LogP contribution in [-0.2, 0) is 48.4 Å². The second kappa shape index (κ2) is 25.7. The molecule has 5 heterocycles. The number of rotatable bonds is 24. The maximum atomic E-state index is 14.1. The van der Waals surface area contributed by atoms with Gasteiger partial charge in [0.25, 0.3) is 11.8 Å². The summed E-state index contributed by atoms with van der Waals surface area (Å²) in [4.78, 5) is 109. The van der Waals surface area contributed by atoms with Gasteiger partial charge in [0.2, 0.25) is 17.7 Å². The van der Waals surface area contributed by atoms with Crippen LogP contribution < -0.4 is 27.0 Å². The molecule has 0 fully saturated rings. The number of hydrogen-bond acceptors (Lipinski definition) is 12. The Morgan fingerprint density at radius 2 is 1.60 bits per heavy atom. The Bertz CT molecular complexity index is 3070. The van der Waals surface area contributed by atoms with E-state index in [1.165, 1.54) is 23.4 Å². The number of amides is 8. The molecule has 8 amide bonds. The fourth-order valence-electron chi connectivity index (χ4n) is 8.12. The van der Waals surface area contributed by atoms with Gasteiger partial charge in [0.05, 0.1) is 33.7 Å². The van der Waals surface area contributed by atoms with Crippen LogP contribution in [0, 0.1) is 12.8 Å². The lowest BCUT2D eigenvalue weighted by Gasteiger charge is -2.25. The Morgan fingerprint density at radius 1 is 0.840 bits per heavy atom. The zero-order chi connectivity index (χ0) is 53.6. The predicted octanol–water partition coefficient (Wildman–Crippen LogP) is 6.63. The molecule has 0 spiro atoms. The number of nitrogens with zero attached hydrogens (tertiary/aromatic N) is 7. The highest BCUT2D eigenvalue weighted by atomic mass is 35.5. The zero-order valence-electron chi connectivity index (χ0n) is 41.5. The van der Waals surface area contributed by atoms with Crippen molar-refractivity contribution in [2.24, 2.45) is 11.7 Å². The number of nitrogens with one attached hydrogen (secondary N) is 5. The first-order valence-corrected chi connectivity index (χ1v) is 25.0.